The van der Waals surface area contributed by atoms with E-state index in [0.29, 0.717) is 28.7 Å². The minimum atomic E-state index is -0.429. The number of anilines is 1. The molecule has 0 unspecified atom stereocenters. The third-order valence-electron chi connectivity index (χ3n) is 4.56. The first kappa shape index (κ1) is 18.3. The Bertz CT molecular complexity index is 776. The Balaban J connectivity index is 1.70. The van der Waals surface area contributed by atoms with Crippen LogP contribution in [0.1, 0.15) is 53.0 Å². The maximum Gasteiger partial charge on any atom is 0.276 e. The molecule has 1 aliphatic carbocycles. The summed E-state index contributed by atoms with van der Waals surface area (Å²) in [6.45, 7) is 0.642. The number of benzene rings is 1. The average Bonchev–Trinajstić information content (AvgIpc) is 2.69. The Morgan fingerprint density at radius 2 is 1.92 bits per heavy atom. The molecule has 0 saturated heterocycles. The first-order valence-corrected chi connectivity index (χ1v) is 9.18. The van der Waals surface area contributed by atoms with Crippen molar-refractivity contribution < 1.29 is 9.59 Å². The van der Waals surface area contributed by atoms with E-state index < -0.39 is 5.91 Å². The molecule has 136 valence electrons. The molecule has 0 spiro atoms. The summed E-state index contributed by atoms with van der Waals surface area (Å²) >= 11 is 6.05. The van der Waals surface area contributed by atoms with Crippen molar-refractivity contribution in [1.29, 1.82) is 0 Å². The topological polar surface area (TPSA) is 84.0 Å². The van der Waals surface area contributed by atoms with Gasteiger partial charge in [-0.05, 0) is 49.1 Å². The van der Waals surface area contributed by atoms with E-state index in [1.54, 1.807) is 30.3 Å². The van der Waals surface area contributed by atoms with E-state index in [0.717, 1.165) is 12.8 Å². The molecule has 1 aromatic heterocycles. The lowest BCUT2D eigenvalue weighted by molar-refractivity contribution is 0.0944. The maximum atomic E-state index is 12.6. The highest BCUT2D eigenvalue weighted by molar-refractivity contribution is 6.31. The van der Waals surface area contributed by atoms with Crippen LogP contribution in [0.3, 0.4) is 0 Å². The van der Waals surface area contributed by atoms with Crippen molar-refractivity contribution in [2.24, 2.45) is 5.92 Å². The van der Waals surface area contributed by atoms with E-state index in [9.17, 15) is 9.59 Å². The molecule has 6 nitrogen and oxygen atoms in total. The van der Waals surface area contributed by atoms with Gasteiger partial charge in [0.05, 0.1) is 11.3 Å². The van der Waals surface area contributed by atoms with Crippen LogP contribution < -0.4 is 10.6 Å². The van der Waals surface area contributed by atoms with Gasteiger partial charge in [-0.1, -0.05) is 30.9 Å². The summed E-state index contributed by atoms with van der Waals surface area (Å²) in [5, 5.41) is 13.6. The van der Waals surface area contributed by atoms with Gasteiger partial charge < -0.3 is 10.6 Å². The third kappa shape index (κ3) is 4.79. The quantitative estimate of drug-likeness (QED) is 0.838. The molecule has 0 aliphatic heterocycles. The van der Waals surface area contributed by atoms with Gasteiger partial charge in [0.15, 0.2) is 5.69 Å². The van der Waals surface area contributed by atoms with Crippen LogP contribution >= 0.6 is 11.6 Å². The van der Waals surface area contributed by atoms with Gasteiger partial charge in [-0.25, -0.2) is 0 Å². The lowest BCUT2D eigenvalue weighted by atomic mass is 9.89. The highest BCUT2D eigenvalue weighted by atomic mass is 35.5. The van der Waals surface area contributed by atoms with Crippen LogP contribution in [0.15, 0.2) is 36.5 Å². The van der Waals surface area contributed by atoms with Gasteiger partial charge >= 0.3 is 0 Å². The average molecular weight is 373 g/mol. The number of amides is 2. The van der Waals surface area contributed by atoms with Crippen molar-refractivity contribution in [1.82, 2.24) is 15.5 Å². The predicted molar refractivity (Wildman–Crippen MR) is 100 cm³/mol. The van der Waals surface area contributed by atoms with E-state index in [2.05, 4.69) is 20.8 Å². The molecule has 2 N–H and O–H groups in total. The minimum absolute atomic E-state index is 0.177. The second kappa shape index (κ2) is 8.76. The number of carbonyl (C=O) groups excluding carboxylic acids is 2. The summed E-state index contributed by atoms with van der Waals surface area (Å²) in [7, 11) is 0. The Morgan fingerprint density at radius 3 is 2.65 bits per heavy atom. The van der Waals surface area contributed by atoms with Crippen LogP contribution in [0.2, 0.25) is 5.02 Å². The normalized spacial score (nSPS) is 14.7. The Hall–Kier alpha value is -2.47. The van der Waals surface area contributed by atoms with Crippen LogP contribution in [-0.4, -0.2) is 28.6 Å². The van der Waals surface area contributed by atoms with Gasteiger partial charge in [0, 0.05) is 17.8 Å². The van der Waals surface area contributed by atoms with E-state index >= 15 is 0 Å². The van der Waals surface area contributed by atoms with Crippen molar-refractivity contribution in [3.63, 3.8) is 0 Å². The van der Waals surface area contributed by atoms with Crippen molar-refractivity contribution in [3.8, 4) is 0 Å². The lowest BCUT2D eigenvalue weighted by Gasteiger charge is -2.22. The summed E-state index contributed by atoms with van der Waals surface area (Å²) in [5.74, 6) is -0.154. The molecule has 2 aromatic rings. The number of aromatic nitrogens is 2. The van der Waals surface area contributed by atoms with Crippen LogP contribution in [0.5, 0.6) is 0 Å². The van der Waals surface area contributed by atoms with Gasteiger partial charge in [0.1, 0.15) is 0 Å². The molecule has 1 aromatic carbocycles. The number of hydrogen-bond donors (Lipinski definition) is 2. The molecule has 7 heteroatoms. The van der Waals surface area contributed by atoms with Crippen LogP contribution in [0.4, 0.5) is 5.69 Å². The molecule has 0 radical (unpaired) electrons. The smallest absolute Gasteiger partial charge is 0.276 e. The summed E-state index contributed by atoms with van der Waals surface area (Å²) in [6, 6.07) is 7.99. The number of rotatable bonds is 5. The summed E-state index contributed by atoms with van der Waals surface area (Å²) in [5.41, 5.74) is 0.910. The summed E-state index contributed by atoms with van der Waals surface area (Å²) in [4.78, 5) is 24.9. The van der Waals surface area contributed by atoms with E-state index in [-0.39, 0.29) is 11.6 Å². The Kier molecular flexibility index (Phi) is 6.17. The fraction of sp³-hybridized carbons (Fsp3) is 0.368. The highest BCUT2D eigenvalue weighted by Crippen LogP contribution is 2.24. The number of halogens is 1. The Labute approximate surface area is 157 Å². The molecule has 2 amide bonds. The standard InChI is InChI=1S/C19H21ClN4O2/c20-14-8-9-16(23-19(26)17-7-4-10-22-24-17)15(11-14)18(25)21-12-13-5-2-1-3-6-13/h4,7-11,13H,1-3,5-6,12H2,(H,21,25)(H,23,26). The molecule has 1 heterocycles. The lowest BCUT2D eigenvalue weighted by Crippen LogP contribution is -2.31. The van der Waals surface area contributed by atoms with Crippen molar-refractivity contribution in [2.75, 3.05) is 11.9 Å². The molecular formula is C19H21ClN4O2. The van der Waals surface area contributed by atoms with Crippen molar-refractivity contribution >= 4 is 29.1 Å². The van der Waals surface area contributed by atoms with Gasteiger partial charge in [0.2, 0.25) is 0 Å². The first-order chi connectivity index (χ1) is 12.6. The first-order valence-electron chi connectivity index (χ1n) is 8.80. The maximum absolute atomic E-state index is 12.6. The predicted octanol–water partition coefficient (Wildman–Crippen LogP) is 3.69. The van der Waals surface area contributed by atoms with Crippen LogP contribution in [-0.2, 0) is 0 Å². The molecule has 26 heavy (non-hydrogen) atoms. The van der Waals surface area contributed by atoms with Gasteiger partial charge in [-0.3, -0.25) is 9.59 Å². The van der Waals surface area contributed by atoms with Crippen LogP contribution in [0, 0.1) is 5.92 Å². The number of nitrogens with one attached hydrogen (secondary N) is 2. The van der Waals surface area contributed by atoms with Gasteiger partial charge in [-0.15, -0.1) is 5.10 Å². The summed E-state index contributed by atoms with van der Waals surface area (Å²) in [6.07, 6.45) is 7.49. The summed E-state index contributed by atoms with van der Waals surface area (Å²) < 4.78 is 0. The van der Waals surface area contributed by atoms with Gasteiger partial charge in [0.25, 0.3) is 11.8 Å². The molecule has 3 rings (SSSR count). The molecule has 1 saturated carbocycles. The largest absolute Gasteiger partial charge is 0.352 e. The van der Waals surface area contributed by atoms with Crippen molar-refractivity contribution in [3.05, 3.63) is 52.8 Å². The molecule has 1 fully saturated rings. The molecular weight excluding hydrogens is 352 g/mol. The Morgan fingerprint density at radius 1 is 1.12 bits per heavy atom. The number of hydrogen-bond acceptors (Lipinski definition) is 4. The zero-order valence-electron chi connectivity index (χ0n) is 14.4. The third-order valence-corrected chi connectivity index (χ3v) is 4.79. The van der Waals surface area contributed by atoms with E-state index in [4.69, 9.17) is 11.6 Å². The highest BCUT2D eigenvalue weighted by Gasteiger charge is 2.18. The molecule has 0 bridgehead atoms. The zero-order valence-corrected chi connectivity index (χ0v) is 15.1. The van der Waals surface area contributed by atoms with Crippen LogP contribution in [0.25, 0.3) is 0 Å². The molecule has 0 atom stereocenters. The second-order valence-corrected chi connectivity index (χ2v) is 6.90. The van der Waals surface area contributed by atoms with Crippen molar-refractivity contribution in [2.45, 2.75) is 32.1 Å². The fourth-order valence-corrected chi connectivity index (χ4v) is 3.32. The number of nitrogens with zero attached hydrogens (tertiary/aromatic N) is 2. The van der Waals surface area contributed by atoms with Gasteiger partial charge in [-0.2, -0.15) is 5.10 Å². The number of carbonyl (C=O) groups is 2. The monoisotopic (exact) mass is 372 g/mol. The van der Waals surface area contributed by atoms with E-state index in [1.165, 1.54) is 25.5 Å². The van der Waals surface area contributed by atoms with E-state index in [1.807, 2.05) is 0 Å². The second-order valence-electron chi connectivity index (χ2n) is 6.47. The SMILES string of the molecule is O=C(Nc1ccc(Cl)cc1C(=O)NCC1CCCCC1)c1cccnn1. The fourth-order valence-electron chi connectivity index (χ4n) is 3.15. The molecule has 1 aliphatic rings. The minimum Gasteiger partial charge on any atom is -0.352 e. The zero-order chi connectivity index (χ0) is 18.4.